The molecule has 6 rings (SSSR count). The van der Waals surface area contributed by atoms with Crippen LogP contribution in [0.5, 0.6) is 0 Å². The van der Waals surface area contributed by atoms with E-state index in [2.05, 4.69) is 20.6 Å². The summed E-state index contributed by atoms with van der Waals surface area (Å²) in [6.45, 7) is 0. The molecule has 0 spiro atoms. The summed E-state index contributed by atoms with van der Waals surface area (Å²) in [5, 5.41) is 1.92. The minimum Gasteiger partial charge on any atom is -0.308 e. The van der Waals surface area contributed by atoms with Gasteiger partial charge in [-0.3, -0.25) is 28.3 Å². The van der Waals surface area contributed by atoms with Gasteiger partial charge in [-0.25, -0.2) is 14.8 Å². The van der Waals surface area contributed by atoms with Crippen molar-refractivity contribution in [2.45, 2.75) is 10.5 Å². The Labute approximate surface area is 296 Å². The van der Waals surface area contributed by atoms with Crippen LogP contribution < -0.4 is 10.6 Å². The van der Waals surface area contributed by atoms with E-state index in [1.54, 1.807) is 0 Å². The number of nitrogens with zero attached hydrogens (tertiary/aromatic N) is 2. The van der Waals surface area contributed by atoms with Gasteiger partial charge in [0.25, 0.3) is 32.1 Å². The topological polar surface area (TPSA) is 243 Å². The number of aliphatic imine (C=N–C) groups is 2. The fourth-order valence-corrected chi connectivity index (χ4v) is 7.11. The molecule has 0 radical (unpaired) electrons. The first-order valence-corrected chi connectivity index (χ1v) is 18.3. The lowest BCUT2D eigenvalue weighted by atomic mass is 9.84. The van der Waals surface area contributed by atoms with Gasteiger partial charge in [0, 0.05) is 22.5 Å². The molecule has 15 nitrogen and oxygen atoms in total. The van der Waals surface area contributed by atoms with Gasteiger partial charge in [-0.05, 0) is 84.0 Å². The van der Waals surface area contributed by atoms with Crippen molar-refractivity contribution >= 4 is 72.4 Å². The zero-order valence-electron chi connectivity index (χ0n) is 26.5. The van der Waals surface area contributed by atoms with Crippen molar-refractivity contribution in [3.8, 4) is 0 Å². The van der Waals surface area contributed by atoms with E-state index in [0.717, 1.165) is 12.2 Å². The Morgan fingerprint density at radius 3 is 1.27 bits per heavy atom. The van der Waals surface area contributed by atoms with Crippen LogP contribution in [-0.2, 0) is 29.8 Å². The third-order valence-corrected chi connectivity index (χ3v) is 10.3. The van der Waals surface area contributed by atoms with Crippen LogP contribution in [0.15, 0.2) is 130 Å². The summed E-state index contributed by atoms with van der Waals surface area (Å²) in [5.74, 6) is -4.43. The molecule has 4 atom stereocenters. The van der Waals surface area contributed by atoms with Crippen molar-refractivity contribution in [1.29, 1.82) is 0 Å². The average molecular weight is 743 g/mol. The predicted molar refractivity (Wildman–Crippen MR) is 189 cm³/mol. The van der Waals surface area contributed by atoms with Gasteiger partial charge in [0.1, 0.15) is 0 Å². The van der Waals surface area contributed by atoms with Gasteiger partial charge in [0.2, 0.25) is 0 Å². The number of rotatable bonds is 6. The van der Waals surface area contributed by atoms with Crippen molar-refractivity contribution in [3.05, 3.63) is 132 Å². The smallest absolute Gasteiger partial charge is 0.308 e. The molecule has 2 aromatic carbocycles. The molecule has 0 aromatic heterocycles. The molecule has 0 heterocycles. The van der Waals surface area contributed by atoms with Crippen LogP contribution in [-0.4, -0.2) is 77.3 Å². The minimum absolute atomic E-state index is 0.201. The summed E-state index contributed by atoms with van der Waals surface area (Å²) in [4.78, 5) is 71.1. The molecule has 0 bridgehead atoms. The number of Topliss-reactive ketones (excluding diaryl/α,β-unsaturated/α-hetero) is 2. The number of ketones is 2. The molecule has 4 aliphatic carbocycles. The van der Waals surface area contributed by atoms with Gasteiger partial charge < -0.3 is 10.6 Å². The summed E-state index contributed by atoms with van der Waals surface area (Å²) in [6, 6.07) is 11.1. The first kappa shape index (κ1) is 35.8. The highest BCUT2D eigenvalue weighted by atomic mass is 32.2. The second kappa shape index (κ2) is 14.0. The average Bonchev–Trinajstić information content (AvgIpc) is 3.08. The first-order valence-electron chi connectivity index (χ1n) is 15.3. The number of allylic oxidation sites excluding steroid dienone is 10. The van der Waals surface area contributed by atoms with Crippen molar-refractivity contribution in [2.24, 2.45) is 21.8 Å². The number of amides is 4. The summed E-state index contributed by atoms with van der Waals surface area (Å²) >= 11 is 0. The van der Waals surface area contributed by atoms with Gasteiger partial charge in [-0.1, -0.05) is 36.5 Å². The molecule has 0 saturated carbocycles. The van der Waals surface area contributed by atoms with E-state index in [4.69, 9.17) is 0 Å². The van der Waals surface area contributed by atoms with Crippen LogP contribution in [0.3, 0.4) is 0 Å². The van der Waals surface area contributed by atoms with Crippen molar-refractivity contribution < 1.29 is 49.9 Å². The van der Waals surface area contributed by atoms with Crippen LogP contribution in [0, 0.1) is 11.8 Å². The molecule has 4 amide bonds. The number of hydrogen-bond acceptors (Lipinski definition) is 9. The summed E-state index contributed by atoms with van der Waals surface area (Å²) in [5.41, 5.74) is 2.42. The summed E-state index contributed by atoms with van der Waals surface area (Å²) in [7, 11) is -9.18. The maximum absolute atomic E-state index is 12.8. The third kappa shape index (κ3) is 7.82. The van der Waals surface area contributed by atoms with Gasteiger partial charge >= 0.3 is 6.03 Å². The number of fused-ring (bicyclic) bond motifs is 2. The van der Waals surface area contributed by atoms with Crippen molar-refractivity contribution in [3.63, 3.8) is 0 Å². The van der Waals surface area contributed by atoms with Crippen LogP contribution in [0.25, 0.3) is 0 Å². The number of urea groups is 1. The van der Waals surface area contributed by atoms with Gasteiger partial charge in [-0.2, -0.15) is 16.8 Å². The maximum atomic E-state index is 12.8. The van der Waals surface area contributed by atoms with E-state index in [0.29, 0.717) is 22.5 Å². The Morgan fingerprint density at radius 2 is 0.923 bits per heavy atom. The van der Waals surface area contributed by atoms with E-state index in [9.17, 15) is 49.9 Å². The molecule has 4 aliphatic rings. The number of benzene rings is 2. The highest BCUT2D eigenvalue weighted by Gasteiger charge is 2.39. The van der Waals surface area contributed by atoms with Crippen molar-refractivity contribution in [1.82, 2.24) is 0 Å². The van der Waals surface area contributed by atoms with E-state index in [-0.39, 0.29) is 22.6 Å². The molecule has 52 heavy (non-hydrogen) atoms. The Bertz CT molecular complexity index is 2230. The highest BCUT2D eigenvalue weighted by molar-refractivity contribution is 7.87. The molecular formula is C35H26N4O11S2. The Kier molecular flexibility index (Phi) is 9.61. The van der Waals surface area contributed by atoms with E-state index < -0.39 is 72.0 Å². The fraction of sp³-hybridized carbons (Fsp3) is 0.114. The number of hydrogen-bond donors (Lipinski definition) is 4. The minimum atomic E-state index is -4.59. The number of nitrogens with one attached hydrogen (secondary N) is 2. The van der Waals surface area contributed by atoms with Gasteiger partial charge in [-0.15, -0.1) is 0 Å². The molecule has 4 N–H and O–H groups in total. The zero-order chi connectivity index (χ0) is 37.4. The van der Waals surface area contributed by atoms with E-state index in [1.165, 1.54) is 97.1 Å². The predicted octanol–water partition coefficient (Wildman–Crippen LogP) is 3.51. The molecule has 2 aromatic rings. The first-order chi connectivity index (χ1) is 24.6. The Balaban J connectivity index is 1.03. The van der Waals surface area contributed by atoms with Gasteiger partial charge in [0.05, 0.1) is 23.3 Å². The largest absolute Gasteiger partial charge is 0.323 e. The molecule has 4 unspecified atom stereocenters. The Morgan fingerprint density at radius 1 is 0.558 bits per heavy atom. The number of carbonyl (C=O) groups excluding carboxylic acids is 5. The monoisotopic (exact) mass is 742 g/mol. The number of carbonyl (C=O) groups is 5. The normalized spacial score (nSPS) is 23.8. The lowest BCUT2D eigenvalue weighted by Gasteiger charge is -2.24. The standard InChI is InChI=1S/C35H26N4O11S2/c40-31-27-13-11-25(17-21(27)5-15-29(31)51(45,46)47)36-33(42)19-1-7-23(8-2-19)38-35(44)39-24-9-3-20(4-10-24)34(43)37-26-12-14-28-22(18-26)6-16-30(32(28)41)52(48,49)50/h1-18,27-30H,(H2,38,39,44)(H,45,46,47)(H,48,49,50). The molecule has 0 saturated heterocycles. The molecule has 264 valence electrons. The lowest BCUT2D eigenvalue weighted by Crippen LogP contribution is -2.36. The van der Waals surface area contributed by atoms with Crippen molar-refractivity contribution in [2.75, 3.05) is 10.6 Å². The van der Waals surface area contributed by atoms with Crippen LogP contribution in [0.4, 0.5) is 16.2 Å². The summed E-state index contributed by atoms with van der Waals surface area (Å²) < 4.78 is 64.3. The molecule has 17 heteroatoms. The Hall–Kier alpha value is -6.01. The number of anilines is 2. The lowest BCUT2D eigenvalue weighted by molar-refractivity contribution is -0.120. The molecular weight excluding hydrogens is 717 g/mol. The zero-order valence-corrected chi connectivity index (χ0v) is 28.1. The maximum Gasteiger partial charge on any atom is 0.323 e. The second-order valence-corrected chi connectivity index (χ2v) is 14.8. The van der Waals surface area contributed by atoms with Gasteiger partial charge in [0.15, 0.2) is 22.1 Å². The third-order valence-electron chi connectivity index (χ3n) is 8.25. The highest BCUT2D eigenvalue weighted by Crippen LogP contribution is 2.30. The van der Waals surface area contributed by atoms with Crippen LogP contribution in [0.1, 0.15) is 20.7 Å². The van der Waals surface area contributed by atoms with E-state index >= 15 is 0 Å². The van der Waals surface area contributed by atoms with Crippen LogP contribution >= 0.6 is 0 Å². The van der Waals surface area contributed by atoms with Crippen LogP contribution in [0.2, 0.25) is 0 Å². The molecule has 0 fully saturated rings. The van der Waals surface area contributed by atoms with E-state index in [1.807, 2.05) is 0 Å². The quantitative estimate of drug-likeness (QED) is 0.312. The summed E-state index contributed by atoms with van der Waals surface area (Å²) in [6.07, 6.45) is 13.5. The fourth-order valence-electron chi connectivity index (χ4n) is 5.67. The second-order valence-electron chi connectivity index (χ2n) is 11.8. The molecule has 0 aliphatic heterocycles. The SMILES string of the molecule is O=C(Nc1ccc(C(=O)N=C2C=CC3C(=O)C(S(=O)(=O)O)C=CC3=C2)cc1)Nc1ccc(C(=O)N=C2C=CC3C(=O)C(S(=O)(=O)O)C=CC3=C2)cc1.